The number of aryl methyl sites for hydroxylation is 1. The summed E-state index contributed by atoms with van der Waals surface area (Å²) in [7, 11) is 1.87. The maximum Gasteiger partial charge on any atom is 0.186 e. The molecule has 5 heteroatoms. The number of hydrogen-bond acceptors (Lipinski definition) is 3. The normalized spacial score (nSPS) is 11.2. The topological polar surface area (TPSA) is 38.0 Å². The quantitative estimate of drug-likeness (QED) is 0.766. The Morgan fingerprint density at radius 1 is 1.75 bits per heavy atom. The number of aromatic nitrogens is 2. The molecule has 0 saturated heterocycles. The molecule has 0 atom stereocenters. The van der Waals surface area contributed by atoms with Gasteiger partial charge in [0, 0.05) is 12.7 Å². The van der Waals surface area contributed by atoms with E-state index in [1.165, 1.54) is 11.3 Å². The largest absolute Gasteiger partial charge is 0.390 e. The van der Waals surface area contributed by atoms with E-state index in [2.05, 4.69) is 4.98 Å². The molecule has 0 aromatic carbocycles. The van der Waals surface area contributed by atoms with E-state index in [0.717, 1.165) is 16.0 Å². The van der Waals surface area contributed by atoms with E-state index >= 15 is 0 Å². The number of thiazole rings is 1. The molecule has 12 heavy (non-hydrogen) atoms. The van der Waals surface area contributed by atoms with Crippen molar-refractivity contribution in [2.75, 3.05) is 0 Å². The molecule has 2 heterocycles. The zero-order valence-electron chi connectivity index (χ0n) is 6.41. The average molecular weight is 203 g/mol. The number of rotatable bonds is 1. The summed E-state index contributed by atoms with van der Waals surface area (Å²) in [5, 5.41) is 8.93. The van der Waals surface area contributed by atoms with E-state index < -0.39 is 0 Å². The van der Waals surface area contributed by atoms with Gasteiger partial charge in [0.05, 0.1) is 11.3 Å². The molecular weight excluding hydrogens is 196 g/mol. The fourth-order valence-corrected chi connectivity index (χ4v) is 2.28. The lowest BCUT2D eigenvalue weighted by molar-refractivity contribution is 0.273. The third-order valence-corrected chi connectivity index (χ3v) is 2.91. The molecule has 2 rings (SSSR count). The predicted molar refractivity (Wildman–Crippen MR) is 49.5 cm³/mol. The molecule has 1 N–H and O–H groups in total. The number of hydrogen-bond donors (Lipinski definition) is 1. The van der Waals surface area contributed by atoms with Gasteiger partial charge in [-0.1, -0.05) is 11.6 Å². The Balaban J connectivity index is 2.74. The van der Waals surface area contributed by atoms with Crippen LogP contribution in [0.25, 0.3) is 10.3 Å². The molecule has 0 aliphatic carbocycles. The van der Waals surface area contributed by atoms with E-state index in [4.69, 9.17) is 16.7 Å². The molecule has 0 aliphatic rings. The third-order valence-electron chi connectivity index (χ3n) is 1.82. The van der Waals surface area contributed by atoms with Crippen LogP contribution in [0.15, 0.2) is 6.07 Å². The second kappa shape index (κ2) is 2.73. The van der Waals surface area contributed by atoms with Crippen molar-refractivity contribution in [3.8, 4) is 0 Å². The van der Waals surface area contributed by atoms with Gasteiger partial charge in [-0.25, -0.2) is 4.98 Å². The van der Waals surface area contributed by atoms with Crippen molar-refractivity contribution in [1.82, 2.24) is 9.55 Å². The zero-order valence-corrected chi connectivity index (χ0v) is 7.98. The number of halogens is 1. The van der Waals surface area contributed by atoms with E-state index in [-0.39, 0.29) is 6.61 Å². The van der Waals surface area contributed by atoms with Crippen molar-refractivity contribution >= 4 is 33.3 Å². The Morgan fingerprint density at radius 2 is 2.50 bits per heavy atom. The molecule has 0 bridgehead atoms. The van der Waals surface area contributed by atoms with Crippen molar-refractivity contribution < 1.29 is 5.11 Å². The Kier molecular flexibility index (Phi) is 1.83. The first-order chi connectivity index (χ1) is 5.72. The summed E-state index contributed by atoms with van der Waals surface area (Å²) >= 11 is 7.15. The molecule has 0 unspecified atom stereocenters. The fraction of sp³-hybridized carbons (Fsp3) is 0.286. The number of aliphatic hydroxyl groups excluding tert-OH is 1. The Bertz CT molecular complexity index is 420. The highest BCUT2D eigenvalue weighted by molar-refractivity contribution is 7.22. The highest BCUT2D eigenvalue weighted by Gasteiger charge is 2.09. The Labute approximate surface area is 78.2 Å². The summed E-state index contributed by atoms with van der Waals surface area (Å²) in [6, 6.07) is 1.90. The lowest BCUT2D eigenvalue weighted by atomic mass is 10.5. The third kappa shape index (κ3) is 1.03. The van der Waals surface area contributed by atoms with Crippen LogP contribution in [-0.4, -0.2) is 14.7 Å². The molecule has 3 nitrogen and oxygen atoms in total. The van der Waals surface area contributed by atoms with Crippen LogP contribution in [0.1, 0.15) is 5.69 Å². The van der Waals surface area contributed by atoms with Crippen LogP contribution in [0.5, 0.6) is 0 Å². The van der Waals surface area contributed by atoms with Gasteiger partial charge in [0.1, 0.15) is 0 Å². The predicted octanol–water partition coefficient (Wildman–Crippen LogP) is 1.78. The molecule has 0 spiro atoms. The summed E-state index contributed by atoms with van der Waals surface area (Å²) < 4.78 is 3.41. The summed E-state index contributed by atoms with van der Waals surface area (Å²) in [5.41, 5.74) is 1.70. The molecule has 64 valence electrons. The monoisotopic (exact) mass is 202 g/mol. The van der Waals surface area contributed by atoms with E-state index in [0.29, 0.717) is 4.47 Å². The van der Waals surface area contributed by atoms with Crippen LogP contribution >= 0.6 is 22.9 Å². The van der Waals surface area contributed by atoms with Crippen LogP contribution in [0, 0.1) is 0 Å². The lowest BCUT2D eigenvalue weighted by Gasteiger charge is -1.96. The van der Waals surface area contributed by atoms with Crippen LogP contribution < -0.4 is 0 Å². The van der Waals surface area contributed by atoms with Crippen LogP contribution in [0.4, 0.5) is 0 Å². The first-order valence-corrected chi connectivity index (χ1v) is 4.63. The summed E-state index contributed by atoms with van der Waals surface area (Å²) in [6.07, 6.45) is 0. The molecule has 0 amide bonds. The Morgan fingerprint density at radius 3 is 3.08 bits per heavy atom. The van der Waals surface area contributed by atoms with Crippen molar-refractivity contribution in [2.45, 2.75) is 6.61 Å². The van der Waals surface area contributed by atoms with E-state index in [1.54, 1.807) is 0 Å². The SMILES string of the molecule is Cn1c(CO)cc2sc(Cl)nc21. The minimum Gasteiger partial charge on any atom is -0.390 e. The molecule has 0 saturated carbocycles. The maximum absolute atomic E-state index is 8.93. The zero-order chi connectivity index (χ0) is 8.72. The number of fused-ring (bicyclic) bond motifs is 1. The first-order valence-electron chi connectivity index (χ1n) is 3.44. The van der Waals surface area contributed by atoms with Crippen LogP contribution in [0.3, 0.4) is 0 Å². The maximum atomic E-state index is 8.93. The smallest absolute Gasteiger partial charge is 0.186 e. The van der Waals surface area contributed by atoms with Crippen LogP contribution in [-0.2, 0) is 13.7 Å². The van der Waals surface area contributed by atoms with Crippen molar-refractivity contribution in [3.05, 3.63) is 16.2 Å². The van der Waals surface area contributed by atoms with Crippen LogP contribution in [0.2, 0.25) is 4.47 Å². The molecule has 2 aromatic rings. The fourth-order valence-electron chi connectivity index (χ4n) is 1.17. The molecule has 0 aliphatic heterocycles. The Hall–Kier alpha value is -0.580. The molecule has 0 radical (unpaired) electrons. The second-order valence-corrected chi connectivity index (χ2v) is 4.12. The van der Waals surface area contributed by atoms with Gasteiger partial charge in [-0.3, -0.25) is 0 Å². The molecule has 0 fully saturated rings. The van der Waals surface area contributed by atoms with Gasteiger partial charge < -0.3 is 9.67 Å². The van der Waals surface area contributed by atoms with Gasteiger partial charge in [-0.05, 0) is 6.07 Å². The molecular formula is C7H7ClN2OS. The molecule has 2 aromatic heterocycles. The van der Waals surface area contributed by atoms with Gasteiger partial charge in [0.2, 0.25) is 0 Å². The van der Waals surface area contributed by atoms with Crippen molar-refractivity contribution in [1.29, 1.82) is 0 Å². The minimum atomic E-state index is 0.0389. The number of aliphatic hydroxyl groups is 1. The van der Waals surface area contributed by atoms with Gasteiger partial charge in [-0.2, -0.15) is 0 Å². The van der Waals surface area contributed by atoms with Gasteiger partial charge >= 0.3 is 0 Å². The lowest BCUT2D eigenvalue weighted by Crippen LogP contribution is -1.95. The number of nitrogens with zero attached hydrogens (tertiary/aromatic N) is 2. The highest BCUT2D eigenvalue weighted by Crippen LogP contribution is 2.27. The standard InChI is InChI=1S/C7H7ClN2OS/c1-10-4(3-11)2-5-6(10)9-7(8)12-5/h2,11H,3H2,1H3. The summed E-state index contributed by atoms with van der Waals surface area (Å²) in [4.78, 5) is 4.12. The second-order valence-electron chi connectivity index (χ2n) is 2.51. The summed E-state index contributed by atoms with van der Waals surface area (Å²) in [6.45, 7) is 0.0389. The van der Waals surface area contributed by atoms with Gasteiger partial charge in [-0.15, -0.1) is 11.3 Å². The van der Waals surface area contributed by atoms with Gasteiger partial charge in [0.25, 0.3) is 0 Å². The highest BCUT2D eigenvalue weighted by atomic mass is 35.5. The van der Waals surface area contributed by atoms with Crippen molar-refractivity contribution in [3.63, 3.8) is 0 Å². The van der Waals surface area contributed by atoms with Gasteiger partial charge in [0.15, 0.2) is 10.1 Å². The van der Waals surface area contributed by atoms with E-state index in [1.807, 2.05) is 17.7 Å². The summed E-state index contributed by atoms with van der Waals surface area (Å²) in [5.74, 6) is 0. The van der Waals surface area contributed by atoms with E-state index in [9.17, 15) is 0 Å². The average Bonchev–Trinajstić information content (AvgIpc) is 2.51. The minimum absolute atomic E-state index is 0.0389. The first kappa shape index (κ1) is 8.04. The van der Waals surface area contributed by atoms with Crippen molar-refractivity contribution in [2.24, 2.45) is 7.05 Å².